The smallest absolute Gasteiger partial charge is 0.312 e. The van der Waals surface area contributed by atoms with Crippen molar-refractivity contribution in [3.63, 3.8) is 0 Å². The number of benzene rings is 1. The second kappa shape index (κ2) is 5.06. The molecule has 1 rings (SSSR count). The maximum absolute atomic E-state index is 13.0. The molecule has 0 bridgehead atoms. The number of methoxy groups -OCH3 is 1. The number of hydrogen-bond donors (Lipinski definition) is 0. The van der Waals surface area contributed by atoms with Crippen LogP contribution >= 0.6 is 0 Å². The first-order valence-corrected chi connectivity index (χ1v) is 6.91. The van der Waals surface area contributed by atoms with Gasteiger partial charge in [0.1, 0.15) is 5.82 Å². The van der Waals surface area contributed by atoms with Gasteiger partial charge in [-0.25, -0.2) is 12.8 Å². The highest BCUT2D eigenvalue weighted by Gasteiger charge is 2.35. The molecule has 1 aromatic carbocycles. The second-order valence-electron chi connectivity index (χ2n) is 4.59. The van der Waals surface area contributed by atoms with Gasteiger partial charge in [-0.05, 0) is 32.0 Å². The first-order chi connectivity index (χ1) is 8.19. The van der Waals surface area contributed by atoms with E-state index in [4.69, 9.17) is 0 Å². The van der Waals surface area contributed by atoms with Crippen LogP contribution in [0.2, 0.25) is 0 Å². The molecule has 0 aliphatic heterocycles. The van der Waals surface area contributed by atoms with Gasteiger partial charge < -0.3 is 4.74 Å². The van der Waals surface area contributed by atoms with E-state index in [2.05, 4.69) is 4.74 Å². The molecule has 6 heteroatoms. The lowest BCUT2D eigenvalue weighted by Gasteiger charge is -2.21. The lowest BCUT2D eigenvalue weighted by Crippen LogP contribution is -2.33. The third-order valence-corrected chi connectivity index (χ3v) is 4.52. The lowest BCUT2D eigenvalue weighted by atomic mass is 9.97. The summed E-state index contributed by atoms with van der Waals surface area (Å²) in [6, 6.07) is 4.70. The van der Waals surface area contributed by atoms with Crippen molar-refractivity contribution in [2.75, 3.05) is 12.9 Å². The number of sulfone groups is 1. The molecule has 0 N–H and O–H groups in total. The van der Waals surface area contributed by atoms with Gasteiger partial charge in [-0.2, -0.15) is 0 Å². The Morgan fingerprint density at radius 2 is 2.00 bits per heavy atom. The van der Waals surface area contributed by atoms with E-state index in [0.717, 1.165) is 12.1 Å². The third kappa shape index (κ3) is 3.29. The van der Waals surface area contributed by atoms with Gasteiger partial charge in [0, 0.05) is 0 Å². The Bertz CT molecular complexity index is 549. The monoisotopic (exact) mass is 274 g/mol. The van der Waals surface area contributed by atoms with Crippen LogP contribution in [0.15, 0.2) is 29.2 Å². The molecule has 0 amide bonds. The number of carbonyl (C=O) groups is 1. The zero-order valence-electron chi connectivity index (χ0n) is 10.4. The van der Waals surface area contributed by atoms with E-state index < -0.39 is 32.8 Å². The van der Waals surface area contributed by atoms with Crippen LogP contribution in [0.3, 0.4) is 0 Å². The van der Waals surface area contributed by atoms with E-state index in [1.807, 2.05) is 0 Å². The van der Waals surface area contributed by atoms with E-state index in [1.54, 1.807) is 0 Å². The van der Waals surface area contributed by atoms with Gasteiger partial charge in [-0.1, -0.05) is 6.07 Å². The predicted molar refractivity (Wildman–Crippen MR) is 64.2 cm³/mol. The number of esters is 1. The Labute approximate surface area is 106 Å². The van der Waals surface area contributed by atoms with Gasteiger partial charge in [0.2, 0.25) is 0 Å². The van der Waals surface area contributed by atoms with Crippen molar-refractivity contribution < 1.29 is 22.3 Å². The molecule has 0 radical (unpaired) electrons. The van der Waals surface area contributed by atoms with Gasteiger partial charge in [0.25, 0.3) is 0 Å². The largest absolute Gasteiger partial charge is 0.469 e. The van der Waals surface area contributed by atoms with Gasteiger partial charge in [-0.15, -0.1) is 0 Å². The fraction of sp³-hybridized carbons (Fsp3) is 0.417. The van der Waals surface area contributed by atoms with E-state index in [0.29, 0.717) is 0 Å². The standard InChI is InChI=1S/C12H15FO4S/c1-12(2,11(14)17-3)8-18(15,16)10-6-4-5-9(13)7-10/h4-7H,8H2,1-3H3. The highest BCUT2D eigenvalue weighted by Crippen LogP contribution is 2.24. The number of ether oxygens (including phenoxy) is 1. The second-order valence-corrected chi connectivity index (χ2v) is 6.58. The fourth-order valence-electron chi connectivity index (χ4n) is 1.55. The lowest BCUT2D eigenvalue weighted by molar-refractivity contribution is -0.149. The average Bonchev–Trinajstić information content (AvgIpc) is 2.26. The summed E-state index contributed by atoms with van der Waals surface area (Å²) in [6.45, 7) is 2.94. The molecule has 0 unspecified atom stereocenters. The van der Waals surface area contributed by atoms with Crippen molar-refractivity contribution in [3.8, 4) is 0 Å². The quantitative estimate of drug-likeness (QED) is 0.785. The topological polar surface area (TPSA) is 60.4 Å². The van der Waals surface area contributed by atoms with E-state index in [-0.39, 0.29) is 4.90 Å². The molecule has 0 saturated heterocycles. The molecular weight excluding hydrogens is 259 g/mol. The first-order valence-electron chi connectivity index (χ1n) is 5.26. The van der Waals surface area contributed by atoms with Crippen LogP contribution < -0.4 is 0 Å². The number of halogens is 1. The van der Waals surface area contributed by atoms with E-state index >= 15 is 0 Å². The molecule has 0 heterocycles. The van der Waals surface area contributed by atoms with Crippen LogP contribution in [0.25, 0.3) is 0 Å². The van der Waals surface area contributed by atoms with Crippen LogP contribution in [0.4, 0.5) is 4.39 Å². The highest BCUT2D eigenvalue weighted by atomic mass is 32.2. The van der Waals surface area contributed by atoms with Crippen molar-refractivity contribution in [2.24, 2.45) is 5.41 Å². The van der Waals surface area contributed by atoms with Gasteiger partial charge in [0.15, 0.2) is 9.84 Å². The Hall–Kier alpha value is -1.43. The molecule has 0 fully saturated rings. The molecule has 0 spiro atoms. The Morgan fingerprint density at radius 1 is 1.39 bits per heavy atom. The molecule has 0 aromatic heterocycles. The minimum absolute atomic E-state index is 0.139. The third-order valence-electron chi connectivity index (χ3n) is 2.44. The summed E-state index contributed by atoms with van der Waals surface area (Å²) in [7, 11) is -2.54. The summed E-state index contributed by atoms with van der Waals surface area (Å²) in [4.78, 5) is 11.3. The molecule has 1 aromatic rings. The van der Waals surface area contributed by atoms with Crippen molar-refractivity contribution in [3.05, 3.63) is 30.1 Å². The minimum atomic E-state index is -3.74. The van der Waals surface area contributed by atoms with E-state index in [1.165, 1.54) is 33.1 Å². The Morgan fingerprint density at radius 3 is 2.50 bits per heavy atom. The molecule has 0 aliphatic rings. The average molecular weight is 274 g/mol. The normalized spacial score (nSPS) is 12.2. The van der Waals surface area contributed by atoms with Crippen molar-refractivity contribution in [1.82, 2.24) is 0 Å². The highest BCUT2D eigenvalue weighted by molar-refractivity contribution is 7.91. The SMILES string of the molecule is COC(=O)C(C)(C)CS(=O)(=O)c1cccc(F)c1. The summed E-state index contributed by atoms with van der Waals surface area (Å²) >= 11 is 0. The molecule has 0 saturated carbocycles. The number of rotatable bonds is 4. The molecular formula is C12H15FO4S. The Kier molecular flexibility index (Phi) is 4.11. The van der Waals surface area contributed by atoms with Crippen molar-refractivity contribution >= 4 is 15.8 Å². The number of hydrogen-bond acceptors (Lipinski definition) is 4. The van der Waals surface area contributed by atoms with Crippen molar-refractivity contribution in [1.29, 1.82) is 0 Å². The summed E-state index contributed by atoms with van der Waals surface area (Å²) in [5.74, 6) is -1.69. The van der Waals surface area contributed by atoms with Crippen LogP contribution in [0, 0.1) is 11.2 Å². The van der Waals surface area contributed by atoms with Crippen molar-refractivity contribution in [2.45, 2.75) is 18.7 Å². The van der Waals surface area contributed by atoms with Gasteiger partial charge >= 0.3 is 5.97 Å². The van der Waals surface area contributed by atoms with Crippen LogP contribution in [-0.4, -0.2) is 27.2 Å². The van der Waals surface area contributed by atoms with Crippen LogP contribution in [-0.2, 0) is 19.4 Å². The Balaban J connectivity index is 3.06. The predicted octanol–water partition coefficient (Wildman–Crippen LogP) is 1.80. The minimum Gasteiger partial charge on any atom is -0.469 e. The molecule has 4 nitrogen and oxygen atoms in total. The summed E-state index contributed by atoms with van der Waals surface area (Å²) in [5.41, 5.74) is -1.18. The van der Waals surface area contributed by atoms with Gasteiger partial charge in [-0.3, -0.25) is 4.79 Å². The molecule has 18 heavy (non-hydrogen) atoms. The summed E-state index contributed by atoms with van der Waals surface area (Å²) in [6.07, 6.45) is 0. The summed E-state index contributed by atoms with van der Waals surface area (Å²) in [5, 5.41) is 0. The number of carbonyl (C=O) groups excluding carboxylic acids is 1. The first kappa shape index (κ1) is 14.6. The fourth-order valence-corrected chi connectivity index (χ4v) is 3.37. The summed E-state index contributed by atoms with van der Waals surface area (Å²) < 4.78 is 41.6. The zero-order chi connectivity index (χ0) is 14.0. The maximum atomic E-state index is 13.0. The molecule has 100 valence electrons. The molecule has 0 aliphatic carbocycles. The zero-order valence-corrected chi connectivity index (χ0v) is 11.3. The molecule has 0 atom stereocenters. The maximum Gasteiger partial charge on any atom is 0.312 e. The van der Waals surface area contributed by atoms with E-state index in [9.17, 15) is 17.6 Å². The van der Waals surface area contributed by atoms with Gasteiger partial charge in [0.05, 0.1) is 23.2 Å². The van der Waals surface area contributed by atoms with Crippen LogP contribution in [0.5, 0.6) is 0 Å². The van der Waals surface area contributed by atoms with Crippen LogP contribution in [0.1, 0.15) is 13.8 Å².